The normalized spacial score (nSPS) is 10.2. The van der Waals surface area contributed by atoms with Crippen molar-refractivity contribution in [1.82, 2.24) is 15.0 Å². The zero-order chi connectivity index (χ0) is 9.10. The molecule has 0 aliphatic rings. The van der Waals surface area contributed by atoms with E-state index < -0.39 is 0 Å². The molecular formula is C8H8N4S. The van der Waals surface area contributed by atoms with Gasteiger partial charge >= 0.3 is 0 Å². The summed E-state index contributed by atoms with van der Waals surface area (Å²) < 4.78 is 0. The molecule has 0 atom stereocenters. The van der Waals surface area contributed by atoms with Crippen LogP contribution in [0, 0.1) is 0 Å². The zero-order valence-electron chi connectivity index (χ0n) is 6.84. The molecule has 0 saturated carbocycles. The molecule has 0 bridgehead atoms. The highest BCUT2D eigenvalue weighted by atomic mass is 32.1. The highest BCUT2D eigenvalue weighted by Crippen LogP contribution is 2.15. The highest BCUT2D eigenvalue weighted by molar-refractivity contribution is 7.07. The highest BCUT2D eigenvalue weighted by Gasteiger charge is 2.01. The summed E-state index contributed by atoms with van der Waals surface area (Å²) in [7, 11) is 0. The summed E-state index contributed by atoms with van der Waals surface area (Å²) in [5.74, 6) is 0. The Kier molecular flexibility index (Phi) is 2.29. The SMILES string of the molecule is NCc1cncc(-c2cscn2)n1. The Morgan fingerprint density at radius 1 is 1.31 bits per heavy atom. The molecule has 0 radical (unpaired) electrons. The fourth-order valence-electron chi connectivity index (χ4n) is 0.967. The fourth-order valence-corrected chi connectivity index (χ4v) is 1.51. The molecule has 0 fully saturated rings. The third kappa shape index (κ3) is 1.71. The van der Waals surface area contributed by atoms with Gasteiger partial charge in [0, 0.05) is 18.1 Å². The van der Waals surface area contributed by atoms with Crippen LogP contribution in [-0.2, 0) is 6.54 Å². The zero-order valence-corrected chi connectivity index (χ0v) is 7.66. The monoisotopic (exact) mass is 192 g/mol. The van der Waals surface area contributed by atoms with Crippen molar-refractivity contribution >= 4 is 11.3 Å². The molecule has 2 rings (SSSR count). The third-order valence-corrected chi connectivity index (χ3v) is 2.17. The van der Waals surface area contributed by atoms with Crippen molar-refractivity contribution in [2.75, 3.05) is 0 Å². The van der Waals surface area contributed by atoms with Crippen molar-refractivity contribution < 1.29 is 0 Å². The second-order valence-corrected chi connectivity index (χ2v) is 3.19. The lowest BCUT2D eigenvalue weighted by Crippen LogP contribution is -2.01. The van der Waals surface area contributed by atoms with E-state index >= 15 is 0 Å². The minimum Gasteiger partial charge on any atom is -0.325 e. The molecule has 0 aliphatic heterocycles. The predicted molar refractivity (Wildman–Crippen MR) is 51.0 cm³/mol. The summed E-state index contributed by atoms with van der Waals surface area (Å²) in [6, 6.07) is 0. The first-order valence-electron chi connectivity index (χ1n) is 3.79. The van der Waals surface area contributed by atoms with Gasteiger partial charge in [-0.1, -0.05) is 0 Å². The molecule has 0 spiro atoms. The van der Waals surface area contributed by atoms with E-state index in [-0.39, 0.29) is 0 Å². The van der Waals surface area contributed by atoms with Crippen LogP contribution in [0.4, 0.5) is 0 Å². The summed E-state index contributed by atoms with van der Waals surface area (Å²) in [4.78, 5) is 12.5. The summed E-state index contributed by atoms with van der Waals surface area (Å²) >= 11 is 1.54. The second-order valence-electron chi connectivity index (χ2n) is 2.47. The number of nitrogens with two attached hydrogens (primary N) is 1. The molecule has 13 heavy (non-hydrogen) atoms. The standard InChI is InChI=1S/C8H8N4S/c9-1-6-2-10-3-7(12-6)8-4-13-5-11-8/h2-5H,1,9H2. The van der Waals surface area contributed by atoms with Crippen LogP contribution in [-0.4, -0.2) is 15.0 Å². The van der Waals surface area contributed by atoms with Gasteiger partial charge in [-0.05, 0) is 0 Å². The number of thiazole rings is 1. The van der Waals surface area contributed by atoms with Crippen molar-refractivity contribution in [2.24, 2.45) is 5.73 Å². The van der Waals surface area contributed by atoms with E-state index in [4.69, 9.17) is 5.73 Å². The van der Waals surface area contributed by atoms with E-state index in [9.17, 15) is 0 Å². The third-order valence-electron chi connectivity index (χ3n) is 1.59. The molecule has 0 saturated heterocycles. The summed E-state index contributed by atoms with van der Waals surface area (Å²) in [6.07, 6.45) is 3.35. The van der Waals surface area contributed by atoms with Gasteiger partial charge in [0.1, 0.15) is 11.4 Å². The van der Waals surface area contributed by atoms with Crippen molar-refractivity contribution in [3.05, 3.63) is 29.0 Å². The van der Waals surface area contributed by atoms with E-state index in [1.54, 1.807) is 17.9 Å². The summed E-state index contributed by atoms with van der Waals surface area (Å²) in [5, 5.41) is 1.93. The van der Waals surface area contributed by atoms with Gasteiger partial charge in [0.2, 0.25) is 0 Å². The van der Waals surface area contributed by atoms with E-state index in [0.717, 1.165) is 17.1 Å². The Balaban J connectivity index is 2.41. The lowest BCUT2D eigenvalue weighted by atomic mass is 10.3. The Bertz CT molecular complexity index is 385. The smallest absolute Gasteiger partial charge is 0.108 e. The molecule has 4 nitrogen and oxygen atoms in total. The molecule has 66 valence electrons. The molecule has 0 amide bonds. The van der Waals surface area contributed by atoms with Crippen molar-refractivity contribution in [3.63, 3.8) is 0 Å². The molecular weight excluding hydrogens is 184 g/mol. The van der Waals surface area contributed by atoms with Crippen LogP contribution in [0.15, 0.2) is 23.3 Å². The molecule has 0 aromatic carbocycles. The Labute approximate surface area is 79.5 Å². The van der Waals surface area contributed by atoms with Crippen LogP contribution in [0.5, 0.6) is 0 Å². The van der Waals surface area contributed by atoms with Crippen LogP contribution in [0.25, 0.3) is 11.4 Å². The lowest BCUT2D eigenvalue weighted by Gasteiger charge is -1.97. The fraction of sp³-hybridized carbons (Fsp3) is 0.125. The first kappa shape index (κ1) is 8.28. The predicted octanol–water partition coefficient (Wildman–Crippen LogP) is 1.06. The number of hydrogen-bond donors (Lipinski definition) is 1. The van der Waals surface area contributed by atoms with Gasteiger partial charge in [0.15, 0.2) is 0 Å². The number of aromatic nitrogens is 3. The summed E-state index contributed by atoms with van der Waals surface area (Å²) in [6.45, 7) is 0.408. The summed E-state index contributed by atoms with van der Waals surface area (Å²) in [5.41, 5.74) is 9.64. The minimum absolute atomic E-state index is 0.408. The van der Waals surface area contributed by atoms with Gasteiger partial charge in [-0.3, -0.25) is 4.98 Å². The molecule has 2 heterocycles. The van der Waals surface area contributed by atoms with Gasteiger partial charge in [-0.25, -0.2) is 9.97 Å². The quantitative estimate of drug-likeness (QED) is 0.772. The second kappa shape index (κ2) is 3.59. The molecule has 2 aromatic heterocycles. The maximum Gasteiger partial charge on any atom is 0.108 e. The van der Waals surface area contributed by atoms with E-state index in [0.29, 0.717) is 6.54 Å². The molecule has 5 heteroatoms. The van der Waals surface area contributed by atoms with Crippen LogP contribution >= 0.6 is 11.3 Å². The van der Waals surface area contributed by atoms with E-state index in [2.05, 4.69) is 15.0 Å². The van der Waals surface area contributed by atoms with Crippen molar-refractivity contribution in [1.29, 1.82) is 0 Å². The first-order valence-corrected chi connectivity index (χ1v) is 4.74. The van der Waals surface area contributed by atoms with Crippen LogP contribution in [0.3, 0.4) is 0 Å². The van der Waals surface area contributed by atoms with E-state index in [1.807, 2.05) is 5.38 Å². The van der Waals surface area contributed by atoms with Gasteiger partial charge in [0.05, 0.1) is 17.4 Å². The van der Waals surface area contributed by atoms with Crippen LogP contribution in [0.2, 0.25) is 0 Å². The average Bonchev–Trinajstić information content (AvgIpc) is 2.71. The Morgan fingerprint density at radius 2 is 2.23 bits per heavy atom. The van der Waals surface area contributed by atoms with Crippen LogP contribution in [0.1, 0.15) is 5.69 Å². The molecule has 0 aliphatic carbocycles. The van der Waals surface area contributed by atoms with Crippen molar-refractivity contribution in [3.8, 4) is 11.4 Å². The first-order chi connectivity index (χ1) is 6.40. The van der Waals surface area contributed by atoms with Gasteiger partial charge in [-0.2, -0.15) is 0 Å². The maximum atomic E-state index is 5.45. The number of hydrogen-bond acceptors (Lipinski definition) is 5. The largest absolute Gasteiger partial charge is 0.325 e. The van der Waals surface area contributed by atoms with E-state index in [1.165, 1.54) is 11.3 Å². The van der Waals surface area contributed by atoms with Gasteiger partial charge < -0.3 is 5.73 Å². The van der Waals surface area contributed by atoms with Crippen LogP contribution < -0.4 is 5.73 Å². The Morgan fingerprint density at radius 3 is 2.92 bits per heavy atom. The average molecular weight is 192 g/mol. The number of nitrogens with zero attached hydrogens (tertiary/aromatic N) is 3. The van der Waals surface area contributed by atoms with Gasteiger partial charge in [0.25, 0.3) is 0 Å². The Hall–Kier alpha value is -1.33. The topological polar surface area (TPSA) is 64.7 Å². The number of rotatable bonds is 2. The minimum atomic E-state index is 0.408. The molecule has 2 aromatic rings. The maximum absolute atomic E-state index is 5.45. The van der Waals surface area contributed by atoms with Gasteiger partial charge in [-0.15, -0.1) is 11.3 Å². The lowest BCUT2D eigenvalue weighted by molar-refractivity contribution is 0.965. The molecule has 2 N–H and O–H groups in total. The van der Waals surface area contributed by atoms with Crippen molar-refractivity contribution in [2.45, 2.75) is 6.54 Å². The molecule has 0 unspecified atom stereocenters.